The fourth-order valence-corrected chi connectivity index (χ4v) is 3.70. The molecule has 1 aromatic heterocycles. The lowest BCUT2D eigenvalue weighted by molar-refractivity contribution is -0.119. The van der Waals surface area contributed by atoms with Crippen molar-refractivity contribution in [2.45, 2.75) is 26.3 Å². The number of aromatic nitrogens is 2. The minimum Gasteiger partial charge on any atom is -0.340 e. The van der Waals surface area contributed by atoms with Gasteiger partial charge in [0.1, 0.15) is 11.0 Å². The van der Waals surface area contributed by atoms with Crippen LogP contribution in [0.3, 0.4) is 0 Å². The van der Waals surface area contributed by atoms with Gasteiger partial charge in [0.05, 0.1) is 0 Å². The zero-order valence-electron chi connectivity index (χ0n) is 16.1. The number of benzene rings is 2. The number of nitrogens with zero attached hydrogens (tertiary/aromatic N) is 2. The van der Waals surface area contributed by atoms with E-state index in [0.717, 1.165) is 21.5 Å². The van der Waals surface area contributed by atoms with E-state index in [4.69, 9.17) is 0 Å². The van der Waals surface area contributed by atoms with E-state index in [2.05, 4.69) is 36.8 Å². The molecule has 0 aliphatic carbocycles. The van der Waals surface area contributed by atoms with Crippen molar-refractivity contribution in [3.63, 3.8) is 0 Å². The molecule has 6 nitrogen and oxygen atoms in total. The van der Waals surface area contributed by atoms with E-state index in [1.807, 2.05) is 44.2 Å². The lowest BCUT2D eigenvalue weighted by atomic mass is 9.98. The average Bonchev–Trinajstić information content (AvgIpc) is 3.20. The maximum absolute atomic E-state index is 12.9. The number of rotatable bonds is 7. The molecule has 3 rings (SSSR count). The van der Waals surface area contributed by atoms with E-state index in [0.29, 0.717) is 10.7 Å². The van der Waals surface area contributed by atoms with Crippen LogP contribution < -0.4 is 10.6 Å². The highest BCUT2D eigenvalue weighted by Gasteiger charge is 2.27. The first-order valence-corrected chi connectivity index (χ1v) is 10.8. The van der Waals surface area contributed by atoms with Crippen LogP contribution in [0.15, 0.2) is 59.1 Å². The maximum Gasteiger partial charge on any atom is 0.251 e. The Morgan fingerprint density at radius 1 is 1.07 bits per heavy atom. The molecule has 8 heteroatoms. The fraction of sp³-hybridized carbons (Fsp3) is 0.238. The van der Waals surface area contributed by atoms with Crippen molar-refractivity contribution in [3.05, 3.63) is 64.6 Å². The molecule has 29 heavy (non-hydrogen) atoms. The predicted octanol–water partition coefficient (Wildman–Crippen LogP) is 4.75. The van der Waals surface area contributed by atoms with E-state index in [1.54, 1.807) is 24.3 Å². The summed E-state index contributed by atoms with van der Waals surface area (Å²) >= 11 is 4.65. The van der Waals surface area contributed by atoms with Crippen LogP contribution in [0.2, 0.25) is 0 Å². The van der Waals surface area contributed by atoms with Gasteiger partial charge in [-0.15, -0.1) is 10.2 Å². The van der Waals surface area contributed by atoms with Crippen LogP contribution in [0, 0.1) is 5.92 Å². The van der Waals surface area contributed by atoms with Crippen LogP contribution in [0.5, 0.6) is 0 Å². The molecule has 1 heterocycles. The summed E-state index contributed by atoms with van der Waals surface area (Å²) < 4.78 is 0.885. The normalized spacial score (nSPS) is 12.8. The zero-order valence-corrected chi connectivity index (χ0v) is 18.5. The minimum absolute atomic E-state index is 0.0455. The number of carbonyl (C=O) groups excluding carboxylic acids is 2. The molecule has 0 saturated heterocycles. The smallest absolute Gasteiger partial charge is 0.251 e. The maximum atomic E-state index is 12.9. The van der Waals surface area contributed by atoms with E-state index in [-0.39, 0.29) is 17.7 Å². The van der Waals surface area contributed by atoms with Gasteiger partial charge in [-0.25, -0.2) is 0 Å². The van der Waals surface area contributed by atoms with Crippen molar-refractivity contribution in [1.29, 1.82) is 0 Å². The molecule has 0 saturated carbocycles. The van der Waals surface area contributed by atoms with Gasteiger partial charge in [0.25, 0.3) is 5.91 Å². The second-order valence-corrected chi connectivity index (χ2v) is 8.50. The number of hydrogen-bond acceptors (Lipinski definition) is 5. The number of hydrogen-bond donors (Lipinski definition) is 2. The number of anilines is 1. The highest BCUT2D eigenvalue weighted by atomic mass is 79.9. The topological polar surface area (TPSA) is 84.0 Å². The minimum atomic E-state index is -0.680. The van der Waals surface area contributed by atoms with Crippen molar-refractivity contribution in [1.82, 2.24) is 15.5 Å². The van der Waals surface area contributed by atoms with Gasteiger partial charge < -0.3 is 5.32 Å². The van der Waals surface area contributed by atoms with Crippen molar-refractivity contribution >= 4 is 44.2 Å². The van der Waals surface area contributed by atoms with Crippen molar-refractivity contribution in [2.24, 2.45) is 5.92 Å². The van der Waals surface area contributed by atoms with Crippen molar-refractivity contribution in [3.8, 4) is 10.6 Å². The van der Waals surface area contributed by atoms with Crippen LogP contribution in [0.4, 0.5) is 5.13 Å². The SMILES string of the molecule is CC[C@H](C)[C@H](NC(=O)c1ccc(Br)cc1)C(=O)Nc1nnc(-c2ccccc2)s1. The third-order valence-electron chi connectivity index (χ3n) is 4.56. The molecule has 0 fully saturated rings. The van der Waals surface area contributed by atoms with Gasteiger partial charge in [-0.1, -0.05) is 77.9 Å². The largest absolute Gasteiger partial charge is 0.340 e. The molecule has 2 aromatic carbocycles. The van der Waals surface area contributed by atoms with Gasteiger partial charge >= 0.3 is 0 Å². The highest BCUT2D eigenvalue weighted by Crippen LogP contribution is 2.26. The molecule has 0 spiro atoms. The van der Waals surface area contributed by atoms with E-state index in [9.17, 15) is 9.59 Å². The standard InChI is InChI=1S/C21H21BrN4O2S/c1-3-13(2)17(23-18(27)14-9-11-16(22)12-10-14)19(28)24-21-26-25-20(29-21)15-7-5-4-6-8-15/h4-13,17H,3H2,1-2H3,(H,23,27)(H,24,26,28)/t13-,17-/m0/s1. The molecule has 2 N–H and O–H groups in total. The Bertz CT molecular complexity index is 976. The Kier molecular flexibility index (Phi) is 7.11. The summed E-state index contributed by atoms with van der Waals surface area (Å²) in [5.74, 6) is -0.642. The molecule has 3 aromatic rings. The second-order valence-electron chi connectivity index (χ2n) is 6.61. The van der Waals surface area contributed by atoms with E-state index in [1.165, 1.54) is 11.3 Å². The van der Waals surface area contributed by atoms with Gasteiger partial charge in [-0.2, -0.15) is 0 Å². The Labute approximate surface area is 181 Å². The van der Waals surface area contributed by atoms with E-state index < -0.39 is 6.04 Å². The van der Waals surface area contributed by atoms with Crippen LogP contribution in [0.25, 0.3) is 10.6 Å². The summed E-state index contributed by atoms with van der Waals surface area (Å²) in [5, 5.41) is 15.0. The van der Waals surface area contributed by atoms with Crippen LogP contribution in [-0.4, -0.2) is 28.1 Å². The summed E-state index contributed by atoms with van der Waals surface area (Å²) in [6.45, 7) is 3.91. The molecule has 2 amide bonds. The van der Waals surface area contributed by atoms with E-state index >= 15 is 0 Å². The molecule has 0 radical (unpaired) electrons. The summed E-state index contributed by atoms with van der Waals surface area (Å²) in [6.07, 6.45) is 0.740. The molecule has 0 unspecified atom stereocenters. The molecular weight excluding hydrogens is 452 g/mol. The van der Waals surface area contributed by atoms with Crippen molar-refractivity contribution in [2.75, 3.05) is 5.32 Å². The van der Waals surface area contributed by atoms with Gasteiger partial charge in [0, 0.05) is 15.6 Å². The number of carbonyl (C=O) groups is 2. The average molecular weight is 473 g/mol. The van der Waals surface area contributed by atoms with Crippen LogP contribution in [0.1, 0.15) is 30.6 Å². The van der Waals surface area contributed by atoms with Gasteiger partial charge in [0.15, 0.2) is 0 Å². The molecule has 2 atom stereocenters. The van der Waals surface area contributed by atoms with Crippen LogP contribution >= 0.6 is 27.3 Å². The predicted molar refractivity (Wildman–Crippen MR) is 119 cm³/mol. The summed E-state index contributed by atoms with van der Waals surface area (Å²) in [6, 6.07) is 16.0. The first kappa shape index (κ1) is 21.1. The number of halogens is 1. The fourth-order valence-electron chi connectivity index (χ4n) is 2.68. The Hall–Kier alpha value is -2.58. The Balaban J connectivity index is 1.72. The number of amides is 2. The third kappa shape index (κ3) is 5.48. The monoisotopic (exact) mass is 472 g/mol. The number of nitrogens with one attached hydrogen (secondary N) is 2. The lowest BCUT2D eigenvalue weighted by Crippen LogP contribution is -2.47. The van der Waals surface area contributed by atoms with Crippen molar-refractivity contribution < 1.29 is 9.59 Å². The lowest BCUT2D eigenvalue weighted by Gasteiger charge is -2.23. The van der Waals surface area contributed by atoms with Crippen LogP contribution in [-0.2, 0) is 4.79 Å². The van der Waals surface area contributed by atoms with Gasteiger partial charge in [-0.3, -0.25) is 14.9 Å². The molecule has 150 valence electrons. The Morgan fingerprint density at radius 3 is 2.41 bits per heavy atom. The molecule has 0 bridgehead atoms. The summed E-state index contributed by atoms with van der Waals surface area (Å²) in [5.41, 5.74) is 1.43. The summed E-state index contributed by atoms with van der Waals surface area (Å²) in [7, 11) is 0. The zero-order chi connectivity index (χ0) is 20.8. The molecular formula is C21H21BrN4O2S. The Morgan fingerprint density at radius 2 is 1.76 bits per heavy atom. The quantitative estimate of drug-likeness (QED) is 0.519. The first-order valence-electron chi connectivity index (χ1n) is 9.24. The summed E-state index contributed by atoms with van der Waals surface area (Å²) in [4.78, 5) is 25.5. The first-order chi connectivity index (χ1) is 14.0. The second kappa shape index (κ2) is 9.76. The molecule has 0 aliphatic heterocycles. The third-order valence-corrected chi connectivity index (χ3v) is 5.98. The highest BCUT2D eigenvalue weighted by molar-refractivity contribution is 9.10. The van der Waals surface area contributed by atoms with Gasteiger partial charge in [0.2, 0.25) is 11.0 Å². The molecule has 0 aliphatic rings. The van der Waals surface area contributed by atoms with Gasteiger partial charge in [-0.05, 0) is 30.2 Å².